The Labute approximate surface area is 311 Å². The fraction of sp³-hybridized carbons (Fsp3) is 0.733. The van der Waals surface area contributed by atoms with Crippen LogP contribution < -0.4 is 10.1 Å². The topological polar surface area (TPSA) is 99.1 Å². The molecule has 7 saturated carbocycles. The minimum atomic E-state index is -1.08. The van der Waals surface area contributed by atoms with Crippen molar-refractivity contribution in [2.75, 3.05) is 20.2 Å². The summed E-state index contributed by atoms with van der Waals surface area (Å²) < 4.78 is 5.44. The molecule has 2 spiro atoms. The van der Waals surface area contributed by atoms with E-state index < -0.39 is 16.4 Å². The molecule has 1 aromatic carbocycles. The molecule has 6 bridgehead atoms. The smallest absolute Gasteiger partial charge is 0.317 e. The first-order valence-corrected chi connectivity index (χ1v) is 20.8. The van der Waals surface area contributed by atoms with Crippen LogP contribution in [0.2, 0.25) is 0 Å². The number of allylic oxidation sites excluding steroid dienone is 4. The fourth-order valence-corrected chi connectivity index (χ4v) is 15.2. The molecule has 282 valence electrons. The predicted molar refractivity (Wildman–Crippen MR) is 202 cm³/mol. The molecule has 2 amide bonds. The Morgan fingerprint density at radius 3 is 2.12 bits per heavy atom. The van der Waals surface area contributed by atoms with Crippen LogP contribution in [-0.4, -0.2) is 64.9 Å². The van der Waals surface area contributed by atoms with E-state index in [0.29, 0.717) is 24.9 Å². The molecule has 52 heavy (non-hydrogen) atoms. The van der Waals surface area contributed by atoms with Gasteiger partial charge in [-0.05, 0) is 162 Å². The van der Waals surface area contributed by atoms with Gasteiger partial charge in [-0.1, -0.05) is 32.1 Å². The first-order valence-electron chi connectivity index (χ1n) is 20.8. The van der Waals surface area contributed by atoms with Gasteiger partial charge < -0.3 is 25.2 Å². The van der Waals surface area contributed by atoms with Crippen LogP contribution in [0.25, 0.3) is 0 Å². The Balaban J connectivity index is 1.10. The summed E-state index contributed by atoms with van der Waals surface area (Å²) in [6, 6.07) is 7.48. The Morgan fingerprint density at radius 2 is 1.48 bits per heavy atom. The molecule has 0 saturated heterocycles. The zero-order valence-corrected chi connectivity index (χ0v) is 32.3. The van der Waals surface area contributed by atoms with E-state index in [4.69, 9.17) is 4.74 Å². The molecule has 10 aliphatic carbocycles. The van der Waals surface area contributed by atoms with Crippen LogP contribution in [0.4, 0.5) is 4.79 Å². The summed E-state index contributed by atoms with van der Waals surface area (Å²) in [5.41, 5.74) is -0.886. The van der Waals surface area contributed by atoms with Crippen molar-refractivity contribution in [3.05, 3.63) is 53.6 Å². The summed E-state index contributed by atoms with van der Waals surface area (Å²) in [5.74, 6) is 3.42. The van der Waals surface area contributed by atoms with E-state index in [1.165, 1.54) is 38.5 Å². The van der Waals surface area contributed by atoms with E-state index in [1.807, 2.05) is 38.1 Å². The zero-order valence-electron chi connectivity index (χ0n) is 32.3. The molecule has 8 atom stereocenters. The SMILES string of the molecule is COc1ccc(C(=O)C2=C[C@@]34C=C[C@@]25[C@@H]2CC[C@@](O)(CN(CC67CC8CC(CC(C8)C6)C7)C(=O)NC(C)C)[C@@]2(C)CC[C@@H]5[C@@]3(C)CCC(O)C4)cc1. The number of methoxy groups -OCH3 is 1. The highest BCUT2D eigenvalue weighted by atomic mass is 16.5. The molecule has 1 unspecified atom stereocenters. The highest BCUT2D eigenvalue weighted by Crippen LogP contribution is 2.78. The van der Waals surface area contributed by atoms with Gasteiger partial charge in [0.1, 0.15) is 5.75 Å². The Kier molecular flexibility index (Phi) is 7.88. The second-order valence-corrected chi connectivity index (χ2v) is 20.2. The van der Waals surface area contributed by atoms with Gasteiger partial charge in [-0.3, -0.25) is 4.79 Å². The van der Waals surface area contributed by atoms with Crippen molar-refractivity contribution in [1.29, 1.82) is 0 Å². The molecule has 7 nitrogen and oxygen atoms in total. The van der Waals surface area contributed by atoms with Crippen molar-refractivity contribution in [2.24, 2.45) is 56.7 Å². The van der Waals surface area contributed by atoms with Crippen LogP contribution >= 0.6 is 0 Å². The third kappa shape index (κ3) is 4.82. The van der Waals surface area contributed by atoms with E-state index in [0.717, 1.165) is 67.7 Å². The van der Waals surface area contributed by atoms with Crippen LogP contribution in [-0.2, 0) is 0 Å². The van der Waals surface area contributed by atoms with Gasteiger partial charge in [-0.2, -0.15) is 0 Å². The van der Waals surface area contributed by atoms with E-state index in [2.05, 4.69) is 42.3 Å². The lowest BCUT2D eigenvalue weighted by Gasteiger charge is -2.71. The number of Topliss-reactive ketones (excluding diaryl/α,β-unsaturated/α-hetero) is 1. The molecule has 11 rings (SSSR count). The Morgan fingerprint density at radius 1 is 0.865 bits per heavy atom. The summed E-state index contributed by atoms with van der Waals surface area (Å²) in [5, 5.41) is 27.6. The molecule has 3 N–H and O–H groups in total. The number of aliphatic hydroxyl groups is 2. The average molecular weight is 711 g/mol. The average Bonchev–Trinajstić information content (AvgIpc) is 3.36. The number of aliphatic hydroxyl groups excluding tert-OH is 1. The maximum atomic E-state index is 14.9. The van der Waals surface area contributed by atoms with Gasteiger partial charge in [0.05, 0.1) is 25.4 Å². The maximum Gasteiger partial charge on any atom is 0.317 e. The number of urea groups is 1. The summed E-state index contributed by atoms with van der Waals surface area (Å²) >= 11 is 0. The lowest BCUT2D eigenvalue weighted by Crippen LogP contribution is -2.68. The number of rotatable bonds is 8. The maximum absolute atomic E-state index is 14.9. The van der Waals surface area contributed by atoms with Crippen LogP contribution in [0.1, 0.15) is 122 Å². The number of nitrogens with one attached hydrogen (secondary N) is 1. The van der Waals surface area contributed by atoms with E-state index in [-0.39, 0.29) is 52.0 Å². The lowest BCUT2D eigenvalue weighted by molar-refractivity contribution is -0.176. The second kappa shape index (κ2) is 11.7. The molecule has 1 aromatic rings. The zero-order chi connectivity index (χ0) is 36.5. The summed E-state index contributed by atoms with van der Waals surface area (Å²) in [6.45, 7) is 9.85. The number of carbonyl (C=O) groups excluding carboxylic acids is 2. The number of amides is 2. The van der Waals surface area contributed by atoms with Crippen LogP contribution in [0, 0.1) is 56.7 Å². The number of ketones is 1. The number of hydrogen-bond acceptors (Lipinski definition) is 5. The molecule has 10 aliphatic rings. The molecular weight excluding hydrogens is 649 g/mol. The highest BCUT2D eigenvalue weighted by Gasteiger charge is 2.74. The van der Waals surface area contributed by atoms with E-state index in [1.54, 1.807) is 7.11 Å². The lowest BCUT2D eigenvalue weighted by atomic mass is 9.32. The molecule has 0 aromatic heterocycles. The van der Waals surface area contributed by atoms with Crippen molar-refractivity contribution in [2.45, 2.75) is 129 Å². The molecule has 0 heterocycles. The van der Waals surface area contributed by atoms with E-state index >= 15 is 0 Å². The van der Waals surface area contributed by atoms with Gasteiger partial charge in [0.25, 0.3) is 0 Å². The minimum Gasteiger partial charge on any atom is -0.497 e. The summed E-state index contributed by atoms with van der Waals surface area (Å²) in [4.78, 5) is 31.2. The van der Waals surface area contributed by atoms with Gasteiger partial charge in [0, 0.05) is 40.0 Å². The summed E-state index contributed by atoms with van der Waals surface area (Å²) in [7, 11) is 1.64. The standard InChI is InChI=1S/C45H62N2O5/c1-28(2)46-39(50)47(26-42-21-29-18-30(22-42)20-31(19-29)23-42)27-44(51)15-12-37-41(44,4)14-11-36-40(3)13-10-33(48)24-43(40)16-17-45(36,37)35(25-43)38(49)32-6-8-34(52-5)9-7-32/h6-9,16-17,25,28-31,33,36-37,48,51H,10-15,18-24,26-27H2,1-5H3,(H,46,50)/t29?,30?,31?,33?,36-,37-,40-,41+,42?,43+,44-,45-/m1/s1. The highest BCUT2D eigenvalue weighted by molar-refractivity contribution is 6.10. The number of nitrogens with zero attached hydrogens (tertiary/aromatic N) is 1. The van der Waals surface area contributed by atoms with Crippen LogP contribution in [0.3, 0.4) is 0 Å². The van der Waals surface area contributed by atoms with Gasteiger partial charge in [0.2, 0.25) is 0 Å². The third-order valence-electron chi connectivity index (χ3n) is 17.2. The van der Waals surface area contributed by atoms with Crippen molar-refractivity contribution < 1.29 is 24.5 Å². The third-order valence-corrected chi connectivity index (χ3v) is 17.2. The van der Waals surface area contributed by atoms with Crippen LogP contribution in [0.5, 0.6) is 5.75 Å². The fourth-order valence-electron chi connectivity index (χ4n) is 15.2. The number of fused-ring (bicyclic) bond motifs is 1. The number of ether oxygens (including phenoxy) is 1. The predicted octanol–water partition coefficient (Wildman–Crippen LogP) is 8.11. The Bertz CT molecular complexity index is 1660. The van der Waals surface area contributed by atoms with Gasteiger partial charge in [-0.25, -0.2) is 4.79 Å². The van der Waals surface area contributed by atoms with E-state index in [9.17, 15) is 19.8 Å². The first kappa shape index (κ1) is 35.1. The van der Waals surface area contributed by atoms with Crippen molar-refractivity contribution in [1.82, 2.24) is 10.2 Å². The normalized spacial score (nSPS) is 46.3. The summed E-state index contributed by atoms with van der Waals surface area (Å²) in [6.07, 6.45) is 20.0. The second-order valence-electron chi connectivity index (χ2n) is 20.2. The molecule has 0 aliphatic heterocycles. The van der Waals surface area contributed by atoms with Crippen molar-refractivity contribution in [3.8, 4) is 5.75 Å². The molecule has 7 fully saturated rings. The van der Waals surface area contributed by atoms with Crippen molar-refractivity contribution in [3.63, 3.8) is 0 Å². The van der Waals surface area contributed by atoms with Crippen LogP contribution in [0.15, 0.2) is 48.1 Å². The molecular formula is C45H62N2O5. The first-order chi connectivity index (χ1) is 24.7. The quantitative estimate of drug-likeness (QED) is 0.187. The molecule has 0 radical (unpaired) electrons. The Hall–Kier alpha value is -2.64. The largest absolute Gasteiger partial charge is 0.497 e. The number of benzene rings is 1. The monoisotopic (exact) mass is 710 g/mol. The number of hydrogen-bond donors (Lipinski definition) is 3. The van der Waals surface area contributed by atoms with Gasteiger partial charge in [-0.15, -0.1) is 0 Å². The minimum absolute atomic E-state index is 0.0172. The van der Waals surface area contributed by atoms with Gasteiger partial charge >= 0.3 is 6.03 Å². The van der Waals surface area contributed by atoms with Crippen molar-refractivity contribution >= 4 is 11.8 Å². The molecule has 7 heteroatoms. The van der Waals surface area contributed by atoms with Gasteiger partial charge in [0.15, 0.2) is 5.78 Å². The number of carbonyl (C=O) groups is 2.